The van der Waals surface area contributed by atoms with Gasteiger partial charge >= 0.3 is 0 Å². The second-order valence-electron chi connectivity index (χ2n) is 9.25. The van der Waals surface area contributed by atoms with E-state index in [-0.39, 0.29) is 6.71 Å². The lowest BCUT2D eigenvalue weighted by molar-refractivity contribution is 0.364. The maximum absolute atomic E-state index is 6.61. The Bertz CT molecular complexity index is 1730. The number of furan rings is 1. The monoisotopic (exact) mass is 451 g/mol. The zero-order valence-electron chi connectivity index (χ0n) is 19.6. The van der Waals surface area contributed by atoms with Crippen LogP contribution in [0.25, 0.3) is 33.0 Å². The number of aromatic nitrogens is 1. The molecule has 1 aliphatic heterocycles. The molecule has 0 saturated heterocycles. The van der Waals surface area contributed by atoms with E-state index in [4.69, 9.17) is 9.15 Å². The number of hydrogen-bond donors (Lipinski definition) is 0. The highest BCUT2D eigenvalue weighted by Crippen LogP contribution is 2.40. The predicted octanol–water partition coefficient (Wildman–Crippen LogP) is 5.89. The van der Waals surface area contributed by atoms with E-state index in [0.717, 1.165) is 49.7 Å². The fraction of sp³-hybridized carbons (Fsp3) is 0.0645. The maximum Gasteiger partial charge on any atom is 0.285 e. The third-order valence-electron chi connectivity index (χ3n) is 7.18. The Balaban J connectivity index is 1.66. The molecule has 2 aromatic heterocycles. The van der Waals surface area contributed by atoms with Crippen LogP contribution < -0.4 is 21.1 Å². The average Bonchev–Trinajstić information content (AvgIpc) is 3.27. The van der Waals surface area contributed by atoms with E-state index in [2.05, 4.69) is 79.5 Å². The lowest BCUT2D eigenvalue weighted by Crippen LogP contribution is -2.56. The largest absolute Gasteiger partial charge is 0.427 e. The van der Waals surface area contributed by atoms with Crippen molar-refractivity contribution in [2.45, 2.75) is 13.8 Å². The van der Waals surface area contributed by atoms with Crippen molar-refractivity contribution >= 4 is 44.8 Å². The Morgan fingerprint density at radius 3 is 2.34 bits per heavy atom. The molecule has 0 N–H and O–H groups in total. The molecule has 0 radical (unpaired) electrons. The molecule has 0 amide bonds. The molecule has 4 heteroatoms. The van der Waals surface area contributed by atoms with Crippen molar-refractivity contribution in [3.05, 3.63) is 108 Å². The van der Waals surface area contributed by atoms with Crippen LogP contribution in [-0.2, 0) is 0 Å². The number of para-hydroxylation sites is 1. The van der Waals surface area contributed by atoms with Crippen LogP contribution in [0, 0.1) is 13.8 Å². The molecule has 0 saturated carbocycles. The molecule has 0 spiro atoms. The third kappa shape index (κ3) is 2.96. The lowest BCUT2D eigenvalue weighted by atomic mass is 9.34. The molecule has 7 rings (SSSR count). The normalized spacial score (nSPS) is 12.5. The maximum atomic E-state index is 6.61. The van der Waals surface area contributed by atoms with E-state index in [1.54, 1.807) is 0 Å². The summed E-state index contributed by atoms with van der Waals surface area (Å²) in [6, 6.07) is 31.5. The van der Waals surface area contributed by atoms with Gasteiger partial charge in [0.05, 0.1) is 5.69 Å². The number of aryl methyl sites for hydroxylation is 2. The van der Waals surface area contributed by atoms with E-state index in [0.29, 0.717) is 5.95 Å². The molecule has 0 bridgehead atoms. The van der Waals surface area contributed by atoms with Crippen LogP contribution in [0.1, 0.15) is 11.1 Å². The lowest BCUT2D eigenvalue weighted by Gasteiger charge is -2.25. The summed E-state index contributed by atoms with van der Waals surface area (Å²) in [5.74, 6) is 1.41. The van der Waals surface area contributed by atoms with Crippen LogP contribution in [-0.4, -0.2) is 11.7 Å². The number of benzene rings is 4. The fourth-order valence-electron chi connectivity index (χ4n) is 5.65. The van der Waals surface area contributed by atoms with Gasteiger partial charge in [0.15, 0.2) is 0 Å². The summed E-state index contributed by atoms with van der Waals surface area (Å²) < 4.78 is 13.1. The molecule has 0 fully saturated rings. The summed E-state index contributed by atoms with van der Waals surface area (Å²) in [6.45, 7) is 4.39. The number of ether oxygens (including phenoxy) is 1. The molecule has 1 aliphatic rings. The highest BCUT2D eigenvalue weighted by molar-refractivity contribution is 6.99. The van der Waals surface area contributed by atoms with Gasteiger partial charge in [-0.2, -0.15) is 0 Å². The Labute approximate surface area is 204 Å². The van der Waals surface area contributed by atoms with Gasteiger partial charge in [-0.15, -0.1) is 0 Å². The van der Waals surface area contributed by atoms with Gasteiger partial charge < -0.3 is 9.15 Å². The summed E-state index contributed by atoms with van der Waals surface area (Å²) >= 11 is 0. The zero-order chi connectivity index (χ0) is 23.5. The molecule has 6 aromatic rings. The standard InChI is InChI=1S/C31H22BNO2/c1-19-10-9-11-20(2)28(19)32-24-14-5-6-16-26(24)34-31-29(32)27-22-13-4-3-12-21(22)18-23(30(27)35-31)25-15-7-8-17-33-25/h3-18H,1-2H3. The number of nitrogens with zero attached hydrogens (tertiary/aromatic N) is 1. The van der Waals surface area contributed by atoms with E-state index >= 15 is 0 Å². The van der Waals surface area contributed by atoms with Crippen LogP contribution in [0.3, 0.4) is 0 Å². The average molecular weight is 451 g/mol. The summed E-state index contributed by atoms with van der Waals surface area (Å²) in [7, 11) is 0. The number of pyridine rings is 1. The SMILES string of the molecule is Cc1cccc(C)c1B1c2ccccc2Oc2oc3c(-c4ccccn4)cc4ccccc4c3c21. The van der Waals surface area contributed by atoms with Gasteiger partial charge in [0.25, 0.3) is 12.7 Å². The zero-order valence-corrected chi connectivity index (χ0v) is 19.6. The van der Waals surface area contributed by atoms with Gasteiger partial charge in [-0.3, -0.25) is 4.98 Å². The smallest absolute Gasteiger partial charge is 0.285 e. The number of rotatable bonds is 2. The number of hydrogen-bond acceptors (Lipinski definition) is 3. The first kappa shape index (κ1) is 20.1. The van der Waals surface area contributed by atoms with E-state index in [1.165, 1.54) is 16.6 Å². The van der Waals surface area contributed by atoms with Crippen molar-refractivity contribution in [1.29, 1.82) is 0 Å². The molecule has 166 valence electrons. The first-order valence-electron chi connectivity index (χ1n) is 11.9. The summed E-state index contributed by atoms with van der Waals surface area (Å²) in [5, 5.41) is 3.41. The minimum absolute atomic E-state index is 0.000196. The summed E-state index contributed by atoms with van der Waals surface area (Å²) in [6.07, 6.45) is 1.82. The topological polar surface area (TPSA) is 35.3 Å². The number of fused-ring (bicyclic) bond motifs is 6. The fourth-order valence-corrected chi connectivity index (χ4v) is 5.65. The van der Waals surface area contributed by atoms with Crippen molar-refractivity contribution in [2.24, 2.45) is 0 Å². The Kier molecular flexibility index (Phi) is 4.37. The minimum atomic E-state index is -0.000196. The highest BCUT2D eigenvalue weighted by atomic mass is 16.6. The van der Waals surface area contributed by atoms with Gasteiger partial charge in [0.1, 0.15) is 11.3 Å². The Hall–Kier alpha value is -4.31. The summed E-state index contributed by atoms with van der Waals surface area (Å²) in [4.78, 5) is 4.66. The van der Waals surface area contributed by atoms with Gasteiger partial charge in [0, 0.05) is 22.6 Å². The second-order valence-corrected chi connectivity index (χ2v) is 9.25. The Morgan fingerprint density at radius 1 is 0.743 bits per heavy atom. The van der Waals surface area contributed by atoms with Crippen LogP contribution in [0.15, 0.2) is 102 Å². The molecule has 3 heterocycles. The Morgan fingerprint density at radius 2 is 1.51 bits per heavy atom. The molecule has 0 atom stereocenters. The van der Waals surface area contributed by atoms with E-state index in [1.807, 2.05) is 36.5 Å². The van der Waals surface area contributed by atoms with Gasteiger partial charge in [-0.05, 0) is 54.3 Å². The van der Waals surface area contributed by atoms with E-state index in [9.17, 15) is 0 Å². The van der Waals surface area contributed by atoms with Crippen molar-refractivity contribution in [2.75, 3.05) is 0 Å². The molecular weight excluding hydrogens is 429 g/mol. The van der Waals surface area contributed by atoms with Crippen LogP contribution >= 0.6 is 0 Å². The third-order valence-corrected chi connectivity index (χ3v) is 7.18. The van der Waals surface area contributed by atoms with Crippen molar-refractivity contribution in [3.63, 3.8) is 0 Å². The van der Waals surface area contributed by atoms with Crippen LogP contribution in [0.5, 0.6) is 11.7 Å². The predicted molar refractivity (Wildman–Crippen MR) is 144 cm³/mol. The first-order valence-corrected chi connectivity index (χ1v) is 11.9. The molecule has 4 aromatic carbocycles. The minimum Gasteiger partial charge on any atom is -0.427 e. The molecular formula is C31H22BNO2. The van der Waals surface area contributed by atoms with Gasteiger partial charge in [-0.1, -0.05) is 83.3 Å². The molecule has 35 heavy (non-hydrogen) atoms. The van der Waals surface area contributed by atoms with Crippen molar-refractivity contribution in [3.8, 4) is 23.0 Å². The van der Waals surface area contributed by atoms with Crippen LogP contribution in [0.4, 0.5) is 0 Å². The molecule has 0 unspecified atom stereocenters. The summed E-state index contributed by atoms with van der Waals surface area (Å²) in [5.41, 5.74) is 8.75. The van der Waals surface area contributed by atoms with E-state index < -0.39 is 0 Å². The molecule has 3 nitrogen and oxygen atoms in total. The van der Waals surface area contributed by atoms with Gasteiger partial charge in [0.2, 0.25) is 0 Å². The van der Waals surface area contributed by atoms with Crippen molar-refractivity contribution < 1.29 is 9.15 Å². The second kappa shape index (κ2) is 7.61. The van der Waals surface area contributed by atoms with Crippen molar-refractivity contribution in [1.82, 2.24) is 4.98 Å². The first-order chi connectivity index (χ1) is 17.2. The molecule has 0 aliphatic carbocycles. The quantitative estimate of drug-likeness (QED) is 0.308. The van der Waals surface area contributed by atoms with Crippen LogP contribution in [0.2, 0.25) is 0 Å². The van der Waals surface area contributed by atoms with Gasteiger partial charge in [-0.25, -0.2) is 0 Å². The highest BCUT2D eigenvalue weighted by Gasteiger charge is 2.39.